The van der Waals surface area contributed by atoms with E-state index >= 15 is 0 Å². The van der Waals surface area contributed by atoms with Crippen molar-refractivity contribution in [1.29, 1.82) is 0 Å². The van der Waals surface area contributed by atoms with E-state index < -0.39 is 0 Å². The molecule has 8 nitrogen and oxygen atoms in total. The third kappa shape index (κ3) is 10.5. The van der Waals surface area contributed by atoms with Crippen LogP contribution in [-0.2, 0) is 26.2 Å². The number of nitrogens with zero attached hydrogens (tertiary/aromatic N) is 4. The molecule has 276 valence electrons. The highest BCUT2D eigenvalue weighted by Gasteiger charge is 2.19. The van der Waals surface area contributed by atoms with Crippen LogP contribution in [-0.4, -0.2) is 98.4 Å². The smallest absolute Gasteiger partial charge is 0.123 e. The second-order valence-corrected chi connectivity index (χ2v) is 14.3. The van der Waals surface area contributed by atoms with Crippen molar-refractivity contribution in [2.24, 2.45) is 0 Å². The van der Waals surface area contributed by atoms with Gasteiger partial charge in [0.2, 0.25) is 0 Å². The number of hydrogen-bond acceptors (Lipinski definition) is 8. The largest absolute Gasteiger partial charge is 0.490 e. The van der Waals surface area contributed by atoms with Crippen molar-refractivity contribution < 1.29 is 18.9 Å². The summed E-state index contributed by atoms with van der Waals surface area (Å²) in [5, 5.41) is 0. The lowest BCUT2D eigenvalue weighted by molar-refractivity contribution is 0.171. The fourth-order valence-electron chi connectivity index (χ4n) is 7.82. The number of hydrogen-bond donors (Lipinski definition) is 0. The van der Waals surface area contributed by atoms with E-state index in [1.807, 2.05) is 0 Å². The maximum absolute atomic E-state index is 6.35. The molecule has 0 amide bonds. The van der Waals surface area contributed by atoms with Crippen LogP contribution in [0.2, 0.25) is 0 Å². The summed E-state index contributed by atoms with van der Waals surface area (Å²) >= 11 is 0. The molecule has 7 rings (SSSR count). The van der Waals surface area contributed by atoms with Gasteiger partial charge in [-0.3, -0.25) is 19.6 Å². The molecular formula is C44H56N4O4. The summed E-state index contributed by atoms with van der Waals surface area (Å²) in [6.07, 6.45) is 4.41. The van der Waals surface area contributed by atoms with E-state index in [4.69, 9.17) is 18.9 Å². The molecule has 3 aliphatic heterocycles. The molecule has 0 radical (unpaired) electrons. The van der Waals surface area contributed by atoms with Crippen LogP contribution < -0.4 is 18.9 Å². The predicted molar refractivity (Wildman–Crippen MR) is 207 cm³/mol. The van der Waals surface area contributed by atoms with E-state index in [1.165, 1.54) is 22.3 Å². The first-order valence-corrected chi connectivity index (χ1v) is 19.5. The number of rotatable bonds is 0. The Hall–Kier alpha value is -4.08. The highest BCUT2D eigenvalue weighted by molar-refractivity contribution is 5.36. The molecule has 0 atom stereocenters. The Bertz CT molecular complexity index is 1440. The van der Waals surface area contributed by atoms with Gasteiger partial charge in [0.25, 0.3) is 0 Å². The second-order valence-electron chi connectivity index (χ2n) is 14.3. The Morgan fingerprint density at radius 2 is 0.500 bits per heavy atom. The van der Waals surface area contributed by atoms with Crippen LogP contribution in [0.1, 0.15) is 47.9 Å². The normalized spacial score (nSPS) is 24.0. The van der Waals surface area contributed by atoms with Crippen molar-refractivity contribution in [3.05, 3.63) is 119 Å². The van der Waals surface area contributed by atoms with Gasteiger partial charge in [0.05, 0.1) is 0 Å². The number of para-hydroxylation sites is 4. The lowest BCUT2D eigenvalue weighted by atomic mass is 10.1. The van der Waals surface area contributed by atoms with Gasteiger partial charge in [-0.05, 0) is 102 Å². The van der Waals surface area contributed by atoms with Gasteiger partial charge in [-0.25, -0.2) is 0 Å². The van der Waals surface area contributed by atoms with Gasteiger partial charge in [-0.2, -0.15) is 0 Å². The fourth-order valence-corrected chi connectivity index (χ4v) is 7.82. The van der Waals surface area contributed by atoms with Crippen LogP contribution in [0.3, 0.4) is 0 Å². The number of fused-ring (bicyclic) bond motifs is 12. The first-order valence-electron chi connectivity index (χ1n) is 19.5. The van der Waals surface area contributed by atoms with E-state index in [1.54, 1.807) is 0 Å². The van der Waals surface area contributed by atoms with Gasteiger partial charge in [0.1, 0.15) is 49.4 Å². The zero-order valence-corrected chi connectivity index (χ0v) is 30.8. The highest BCUT2D eigenvalue weighted by Crippen LogP contribution is 2.26. The van der Waals surface area contributed by atoms with Gasteiger partial charge in [0.15, 0.2) is 0 Å². The van der Waals surface area contributed by atoms with Crippen LogP contribution in [0, 0.1) is 0 Å². The topological polar surface area (TPSA) is 49.9 Å². The summed E-state index contributed by atoms with van der Waals surface area (Å²) in [5.41, 5.74) is 4.98. The summed E-state index contributed by atoms with van der Waals surface area (Å²) in [6.45, 7) is 13.9. The fraction of sp³-hybridized carbons (Fsp3) is 0.455. The van der Waals surface area contributed by atoms with Crippen molar-refractivity contribution in [2.45, 2.75) is 51.9 Å². The molecule has 0 aliphatic carbocycles. The van der Waals surface area contributed by atoms with Crippen molar-refractivity contribution in [2.75, 3.05) is 78.8 Å². The highest BCUT2D eigenvalue weighted by atomic mass is 16.5. The first kappa shape index (κ1) is 36.3. The van der Waals surface area contributed by atoms with Crippen molar-refractivity contribution in [1.82, 2.24) is 19.6 Å². The van der Waals surface area contributed by atoms with Crippen LogP contribution in [0.15, 0.2) is 97.1 Å². The van der Waals surface area contributed by atoms with Crippen molar-refractivity contribution in [3.8, 4) is 23.0 Å². The lowest BCUT2D eigenvalue weighted by Gasteiger charge is -2.30. The maximum Gasteiger partial charge on any atom is 0.123 e. The lowest BCUT2D eigenvalue weighted by Crippen LogP contribution is -2.36. The minimum absolute atomic E-state index is 0.513. The summed E-state index contributed by atoms with van der Waals surface area (Å²) in [6, 6.07) is 34.2. The summed E-state index contributed by atoms with van der Waals surface area (Å²) in [7, 11) is 0. The molecule has 0 spiro atoms. The van der Waals surface area contributed by atoms with Gasteiger partial charge in [0, 0.05) is 48.4 Å². The summed E-state index contributed by atoms with van der Waals surface area (Å²) < 4.78 is 25.4. The summed E-state index contributed by atoms with van der Waals surface area (Å²) in [5.74, 6) is 3.84. The molecule has 0 unspecified atom stereocenters. The molecule has 0 saturated carbocycles. The Labute approximate surface area is 310 Å². The van der Waals surface area contributed by atoms with Crippen molar-refractivity contribution >= 4 is 0 Å². The van der Waals surface area contributed by atoms with Gasteiger partial charge in [-0.1, -0.05) is 72.8 Å². The van der Waals surface area contributed by atoms with E-state index in [2.05, 4.69) is 117 Å². The Morgan fingerprint density at radius 3 is 0.731 bits per heavy atom. The molecule has 1 saturated heterocycles. The first-order chi connectivity index (χ1) is 25.8. The molecule has 0 aromatic heterocycles. The van der Waals surface area contributed by atoms with E-state index in [0.29, 0.717) is 26.4 Å². The van der Waals surface area contributed by atoms with E-state index in [-0.39, 0.29) is 0 Å². The van der Waals surface area contributed by atoms with Crippen LogP contribution >= 0.6 is 0 Å². The molecule has 0 N–H and O–H groups in total. The van der Waals surface area contributed by atoms with Crippen LogP contribution in [0.4, 0.5) is 0 Å². The van der Waals surface area contributed by atoms with Gasteiger partial charge >= 0.3 is 0 Å². The Morgan fingerprint density at radius 1 is 0.288 bits per heavy atom. The van der Waals surface area contributed by atoms with E-state index in [0.717, 1.165) is 127 Å². The van der Waals surface area contributed by atoms with Crippen LogP contribution in [0.5, 0.6) is 23.0 Å². The molecule has 1 fully saturated rings. The molecule has 8 heteroatoms. The third-order valence-electron chi connectivity index (χ3n) is 10.5. The second kappa shape index (κ2) is 19.1. The average Bonchev–Trinajstić information content (AvgIpc) is 3.17. The zero-order chi connectivity index (χ0) is 35.2. The number of benzene rings is 4. The van der Waals surface area contributed by atoms with Crippen LogP contribution in [0.25, 0.3) is 0 Å². The molecule has 3 aliphatic rings. The quantitative estimate of drug-likeness (QED) is 0.192. The maximum atomic E-state index is 6.35. The third-order valence-corrected chi connectivity index (χ3v) is 10.5. The average molecular weight is 705 g/mol. The molecule has 52 heavy (non-hydrogen) atoms. The molecular weight excluding hydrogens is 649 g/mol. The van der Waals surface area contributed by atoms with Gasteiger partial charge in [-0.15, -0.1) is 0 Å². The SMILES string of the molecule is c1ccc2c(c1)CN1CCCN(CCCN3CCCN(CCC1)Cc1ccccc1OCCOc1ccccc1C3)Cc1ccccc1OCCO2. The van der Waals surface area contributed by atoms with Gasteiger partial charge < -0.3 is 18.9 Å². The molecule has 3 heterocycles. The monoisotopic (exact) mass is 704 g/mol. The minimum atomic E-state index is 0.513. The zero-order valence-electron chi connectivity index (χ0n) is 30.8. The van der Waals surface area contributed by atoms with Crippen molar-refractivity contribution in [3.63, 3.8) is 0 Å². The predicted octanol–water partition coefficient (Wildman–Crippen LogP) is 7.11. The Kier molecular flexibility index (Phi) is 13.3. The Balaban J connectivity index is 1.17. The summed E-state index contributed by atoms with van der Waals surface area (Å²) in [4.78, 5) is 10.6. The minimum Gasteiger partial charge on any atom is -0.490 e. The molecule has 4 aromatic carbocycles. The molecule has 4 bridgehead atoms. The molecule has 4 aromatic rings. The standard InChI is InChI=1S/C44H56N4O4/c1-5-17-41-37(13-1)33-45-21-9-22-46(34-38-14-2-6-18-42(38)50-30-29-49-41)27-12-28-48-24-10-23-47(26-11-25-45)35-39-15-3-7-19-43(39)51-31-32-52-44-20-8-4-16-40(44)36-48/h1-8,13-20H,9-12,21-36H2. The number of ether oxygens (including phenoxy) is 4. The van der Waals surface area contributed by atoms with E-state index in [9.17, 15) is 0 Å².